The number of amides is 1. The summed E-state index contributed by atoms with van der Waals surface area (Å²) in [7, 11) is 1.56. The number of methoxy groups -OCH3 is 1. The number of ether oxygens (including phenoxy) is 2. The summed E-state index contributed by atoms with van der Waals surface area (Å²) in [5.41, 5.74) is 1.86. The van der Waals surface area contributed by atoms with Gasteiger partial charge in [-0.25, -0.2) is 0 Å². The van der Waals surface area contributed by atoms with Crippen LogP contribution in [0.25, 0.3) is 5.76 Å². The van der Waals surface area contributed by atoms with E-state index in [9.17, 15) is 14.7 Å². The lowest BCUT2D eigenvalue weighted by Crippen LogP contribution is -2.38. The van der Waals surface area contributed by atoms with E-state index >= 15 is 0 Å². The molecular formula is C26H28Cl2N2O5. The number of aliphatic hydroxyl groups is 1. The zero-order chi connectivity index (χ0) is 25.1. The average molecular weight is 519 g/mol. The first kappa shape index (κ1) is 25.5. The number of hydrogen-bond acceptors (Lipinski definition) is 6. The number of aliphatic hydroxyl groups excluding tert-OH is 1. The molecule has 0 unspecified atom stereocenters. The molecule has 0 radical (unpaired) electrons. The Kier molecular flexibility index (Phi) is 8.02. The van der Waals surface area contributed by atoms with Crippen molar-refractivity contribution in [1.82, 2.24) is 9.80 Å². The zero-order valence-corrected chi connectivity index (χ0v) is 21.2. The third-order valence-electron chi connectivity index (χ3n) is 6.44. The summed E-state index contributed by atoms with van der Waals surface area (Å²) in [5, 5.41) is 11.9. The van der Waals surface area contributed by atoms with Crippen LogP contribution in [-0.2, 0) is 14.3 Å². The minimum absolute atomic E-state index is 0.0318. The van der Waals surface area contributed by atoms with Gasteiger partial charge in [-0.15, -0.1) is 0 Å². The van der Waals surface area contributed by atoms with Crippen LogP contribution >= 0.6 is 23.2 Å². The van der Waals surface area contributed by atoms with Gasteiger partial charge >= 0.3 is 0 Å². The summed E-state index contributed by atoms with van der Waals surface area (Å²) < 4.78 is 10.7. The maximum atomic E-state index is 13.2. The number of carbonyl (C=O) groups is 2. The number of benzene rings is 2. The van der Waals surface area contributed by atoms with Gasteiger partial charge in [-0.3, -0.25) is 14.5 Å². The normalized spacial score (nSPS) is 20.5. The quantitative estimate of drug-likeness (QED) is 0.331. The number of halogens is 2. The molecule has 7 nitrogen and oxygen atoms in total. The van der Waals surface area contributed by atoms with Crippen molar-refractivity contribution in [2.75, 3.05) is 46.5 Å². The number of aryl methyl sites for hydroxylation is 1. The molecule has 0 spiro atoms. The van der Waals surface area contributed by atoms with Gasteiger partial charge in [0, 0.05) is 31.7 Å². The van der Waals surface area contributed by atoms with E-state index in [1.807, 2.05) is 6.92 Å². The third kappa shape index (κ3) is 5.33. The molecule has 186 valence electrons. The molecule has 0 saturated carbocycles. The minimum Gasteiger partial charge on any atom is -0.507 e. The molecule has 2 heterocycles. The number of rotatable bonds is 7. The van der Waals surface area contributed by atoms with Gasteiger partial charge < -0.3 is 19.5 Å². The largest absolute Gasteiger partial charge is 0.507 e. The SMILES string of the molecule is COc1ccc(/C(O)=C2\C(=O)C(=O)N(CCCN3CCOCC3)[C@@H]2c2ccc(Cl)c(Cl)c2)cc1C. The monoisotopic (exact) mass is 518 g/mol. The molecule has 0 aliphatic carbocycles. The second kappa shape index (κ2) is 11.0. The van der Waals surface area contributed by atoms with Crippen molar-refractivity contribution in [3.05, 3.63) is 68.7 Å². The number of hydrogen-bond donors (Lipinski definition) is 1. The standard InChI is InChI=1S/C26H28Cl2N2O5/c1-16-14-18(5-7-21(16)34-2)24(31)22-23(17-4-6-19(27)20(28)15-17)30(26(33)25(22)32)9-3-8-29-10-12-35-13-11-29/h4-7,14-15,23,31H,3,8-13H2,1-2H3/b24-22+/t23-/m1/s1. The van der Waals surface area contributed by atoms with Crippen LogP contribution in [0.3, 0.4) is 0 Å². The highest BCUT2D eigenvalue weighted by atomic mass is 35.5. The first-order valence-electron chi connectivity index (χ1n) is 11.5. The van der Waals surface area contributed by atoms with E-state index in [1.165, 1.54) is 4.90 Å². The smallest absolute Gasteiger partial charge is 0.295 e. The number of carbonyl (C=O) groups excluding carboxylic acids is 2. The van der Waals surface area contributed by atoms with Gasteiger partial charge in [-0.2, -0.15) is 0 Å². The first-order chi connectivity index (χ1) is 16.8. The summed E-state index contributed by atoms with van der Waals surface area (Å²) in [4.78, 5) is 30.2. The van der Waals surface area contributed by atoms with Crippen molar-refractivity contribution in [3.8, 4) is 5.75 Å². The highest BCUT2D eigenvalue weighted by Gasteiger charge is 2.46. The molecule has 35 heavy (non-hydrogen) atoms. The Labute approximate surface area is 214 Å². The molecule has 2 saturated heterocycles. The summed E-state index contributed by atoms with van der Waals surface area (Å²) in [6.45, 7) is 6.03. The third-order valence-corrected chi connectivity index (χ3v) is 7.18. The van der Waals surface area contributed by atoms with Crippen LogP contribution in [0.1, 0.15) is 29.2 Å². The van der Waals surface area contributed by atoms with Crippen molar-refractivity contribution in [2.24, 2.45) is 0 Å². The molecule has 0 bridgehead atoms. The fourth-order valence-corrected chi connectivity index (χ4v) is 4.92. The van der Waals surface area contributed by atoms with Gasteiger partial charge in [-0.1, -0.05) is 29.3 Å². The van der Waals surface area contributed by atoms with E-state index in [0.717, 1.165) is 25.2 Å². The fourth-order valence-electron chi connectivity index (χ4n) is 4.61. The van der Waals surface area contributed by atoms with Crippen LogP contribution in [0, 0.1) is 6.92 Å². The Morgan fingerprint density at radius 3 is 2.49 bits per heavy atom. The first-order valence-corrected chi connectivity index (χ1v) is 12.3. The Morgan fingerprint density at radius 1 is 1.09 bits per heavy atom. The highest BCUT2D eigenvalue weighted by molar-refractivity contribution is 6.46. The number of morpholine rings is 1. The average Bonchev–Trinajstić information content (AvgIpc) is 3.11. The second-order valence-electron chi connectivity index (χ2n) is 8.66. The molecule has 2 aliphatic rings. The summed E-state index contributed by atoms with van der Waals surface area (Å²) in [6.07, 6.45) is 0.673. The Hall–Kier alpha value is -2.58. The van der Waals surface area contributed by atoms with Crippen LogP contribution < -0.4 is 4.74 Å². The summed E-state index contributed by atoms with van der Waals surface area (Å²) in [6, 6.07) is 9.33. The van der Waals surface area contributed by atoms with Gasteiger partial charge in [-0.05, 0) is 54.8 Å². The predicted octanol–water partition coefficient (Wildman–Crippen LogP) is 4.45. The number of Topliss-reactive ketones (excluding diaryl/α,β-unsaturated/α-hetero) is 1. The van der Waals surface area contributed by atoms with E-state index in [0.29, 0.717) is 53.1 Å². The number of nitrogens with zero attached hydrogens (tertiary/aromatic N) is 2. The Bertz CT molecular complexity index is 1160. The molecule has 2 aromatic carbocycles. The molecule has 2 fully saturated rings. The molecule has 2 aliphatic heterocycles. The van der Waals surface area contributed by atoms with Crippen molar-refractivity contribution in [2.45, 2.75) is 19.4 Å². The Balaban J connectivity index is 1.71. The van der Waals surface area contributed by atoms with Crippen LogP contribution in [-0.4, -0.2) is 73.1 Å². The molecule has 2 aromatic rings. The lowest BCUT2D eigenvalue weighted by Gasteiger charge is -2.29. The van der Waals surface area contributed by atoms with Gasteiger partial charge in [0.25, 0.3) is 11.7 Å². The molecule has 1 N–H and O–H groups in total. The summed E-state index contributed by atoms with van der Waals surface area (Å²) in [5.74, 6) is -0.944. The van der Waals surface area contributed by atoms with Crippen molar-refractivity contribution >= 4 is 40.7 Å². The molecular weight excluding hydrogens is 491 g/mol. The van der Waals surface area contributed by atoms with Crippen molar-refractivity contribution < 1.29 is 24.2 Å². The van der Waals surface area contributed by atoms with Gasteiger partial charge in [0.1, 0.15) is 11.5 Å². The molecule has 1 amide bonds. The molecule has 1 atom stereocenters. The van der Waals surface area contributed by atoms with E-state index in [1.54, 1.807) is 43.5 Å². The fraction of sp³-hybridized carbons (Fsp3) is 0.385. The van der Waals surface area contributed by atoms with Gasteiger partial charge in [0.2, 0.25) is 0 Å². The van der Waals surface area contributed by atoms with Crippen LogP contribution in [0.15, 0.2) is 42.0 Å². The maximum absolute atomic E-state index is 13.2. The predicted molar refractivity (Wildman–Crippen MR) is 135 cm³/mol. The highest BCUT2D eigenvalue weighted by Crippen LogP contribution is 2.41. The van der Waals surface area contributed by atoms with Gasteiger partial charge in [0.15, 0.2) is 0 Å². The maximum Gasteiger partial charge on any atom is 0.295 e. The van der Waals surface area contributed by atoms with E-state index in [4.69, 9.17) is 32.7 Å². The minimum atomic E-state index is -0.781. The lowest BCUT2D eigenvalue weighted by atomic mass is 9.94. The molecule has 9 heteroatoms. The van der Waals surface area contributed by atoms with Crippen LogP contribution in [0.2, 0.25) is 10.0 Å². The van der Waals surface area contributed by atoms with E-state index in [-0.39, 0.29) is 11.3 Å². The number of likely N-dealkylation sites (tertiary alicyclic amines) is 1. The van der Waals surface area contributed by atoms with Gasteiger partial charge in [0.05, 0.1) is 42.0 Å². The van der Waals surface area contributed by atoms with Crippen LogP contribution in [0.5, 0.6) is 5.75 Å². The van der Waals surface area contributed by atoms with Crippen molar-refractivity contribution in [3.63, 3.8) is 0 Å². The second-order valence-corrected chi connectivity index (χ2v) is 9.47. The Morgan fingerprint density at radius 2 is 1.83 bits per heavy atom. The topological polar surface area (TPSA) is 79.3 Å². The molecule has 4 rings (SSSR count). The van der Waals surface area contributed by atoms with E-state index < -0.39 is 17.7 Å². The number of ketones is 1. The van der Waals surface area contributed by atoms with Crippen LogP contribution in [0.4, 0.5) is 0 Å². The van der Waals surface area contributed by atoms with Crippen molar-refractivity contribution in [1.29, 1.82) is 0 Å². The lowest BCUT2D eigenvalue weighted by molar-refractivity contribution is -0.140. The summed E-state index contributed by atoms with van der Waals surface area (Å²) >= 11 is 12.4. The zero-order valence-electron chi connectivity index (χ0n) is 19.7. The van der Waals surface area contributed by atoms with E-state index in [2.05, 4.69) is 4.90 Å². The molecule has 0 aromatic heterocycles.